The Bertz CT molecular complexity index is 611. The lowest BCUT2D eigenvalue weighted by Crippen LogP contribution is -2.41. The van der Waals surface area contributed by atoms with Gasteiger partial charge in [0.05, 0.1) is 7.11 Å². The number of carbonyl (C=O) groups is 1. The van der Waals surface area contributed by atoms with Gasteiger partial charge >= 0.3 is 5.97 Å². The van der Waals surface area contributed by atoms with E-state index < -0.39 is 11.5 Å². The molecular weight excluding hydrogens is 329 g/mol. The van der Waals surface area contributed by atoms with Crippen molar-refractivity contribution in [1.29, 1.82) is 0 Å². The van der Waals surface area contributed by atoms with Crippen molar-refractivity contribution in [3.8, 4) is 0 Å². The van der Waals surface area contributed by atoms with Crippen LogP contribution < -0.4 is 5.32 Å². The molecule has 0 saturated heterocycles. The summed E-state index contributed by atoms with van der Waals surface area (Å²) >= 11 is 3.19. The quantitative estimate of drug-likeness (QED) is 0.862. The molecule has 1 heterocycles. The van der Waals surface area contributed by atoms with E-state index in [1.165, 1.54) is 31.4 Å². The lowest BCUT2D eigenvalue weighted by molar-refractivity contribution is -0.146. The molecule has 1 unspecified atom stereocenters. The molecule has 0 aliphatic carbocycles. The summed E-state index contributed by atoms with van der Waals surface area (Å²) in [5.74, 6) is -0.472. The van der Waals surface area contributed by atoms with Crippen molar-refractivity contribution in [2.75, 3.05) is 12.4 Å². The molecule has 106 valence electrons. The zero-order chi connectivity index (χ0) is 14.8. The standard InChI is InChI=1S/C14H13BrFNO3/c1-14(13(18)19-2,11-7-8-12(15)20-11)17-10-5-3-9(16)4-6-10/h3-8,17H,1-2H3. The predicted molar refractivity (Wildman–Crippen MR) is 75.8 cm³/mol. The molecule has 1 aromatic heterocycles. The average Bonchev–Trinajstić information content (AvgIpc) is 2.87. The van der Waals surface area contributed by atoms with E-state index in [1.807, 2.05) is 0 Å². The van der Waals surface area contributed by atoms with Crippen LogP contribution in [0.3, 0.4) is 0 Å². The summed E-state index contributed by atoms with van der Waals surface area (Å²) in [7, 11) is 1.30. The first kappa shape index (κ1) is 14.6. The second-order valence-corrected chi connectivity index (χ2v) is 5.13. The minimum Gasteiger partial charge on any atom is -0.467 e. The maximum atomic E-state index is 12.9. The van der Waals surface area contributed by atoms with Crippen molar-refractivity contribution >= 4 is 27.6 Å². The van der Waals surface area contributed by atoms with Crippen LogP contribution in [0.25, 0.3) is 0 Å². The monoisotopic (exact) mass is 341 g/mol. The molecule has 1 N–H and O–H groups in total. The Kier molecular flexibility index (Phi) is 4.13. The summed E-state index contributed by atoms with van der Waals surface area (Å²) in [5, 5.41) is 3.01. The molecule has 1 atom stereocenters. The molecule has 0 bridgehead atoms. The Morgan fingerprint density at radius 3 is 2.45 bits per heavy atom. The van der Waals surface area contributed by atoms with Crippen LogP contribution >= 0.6 is 15.9 Å². The third-order valence-corrected chi connectivity index (χ3v) is 3.32. The summed E-state index contributed by atoms with van der Waals surface area (Å²) in [6.07, 6.45) is 0. The molecule has 0 amide bonds. The van der Waals surface area contributed by atoms with E-state index in [9.17, 15) is 9.18 Å². The number of anilines is 1. The number of halogens is 2. The van der Waals surface area contributed by atoms with Gasteiger partial charge in [-0.2, -0.15) is 0 Å². The molecule has 4 nitrogen and oxygen atoms in total. The number of carbonyl (C=O) groups excluding carboxylic acids is 1. The number of benzene rings is 1. The van der Waals surface area contributed by atoms with Gasteiger partial charge in [0.15, 0.2) is 10.2 Å². The number of rotatable bonds is 4. The minimum atomic E-state index is -1.21. The molecule has 1 aromatic carbocycles. The predicted octanol–water partition coefficient (Wildman–Crippen LogP) is 3.68. The van der Waals surface area contributed by atoms with Crippen LogP contribution in [0, 0.1) is 5.82 Å². The van der Waals surface area contributed by atoms with Crippen molar-refractivity contribution < 1.29 is 18.3 Å². The largest absolute Gasteiger partial charge is 0.467 e. The molecule has 2 aromatic rings. The van der Waals surface area contributed by atoms with Gasteiger partial charge in [0, 0.05) is 5.69 Å². The highest BCUT2D eigenvalue weighted by Crippen LogP contribution is 2.30. The Hall–Kier alpha value is -1.82. The van der Waals surface area contributed by atoms with E-state index in [1.54, 1.807) is 19.1 Å². The fourth-order valence-corrected chi connectivity index (χ4v) is 2.13. The summed E-state index contributed by atoms with van der Waals surface area (Å²) in [5.41, 5.74) is -0.634. The Morgan fingerprint density at radius 1 is 1.30 bits per heavy atom. The topological polar surface area (TPSA) is 51.5 Å². The van der Waals surface area contributed by atoms with Gasteiger partial charge in [-0.1, -0.05) is 0 Å². The van der Waals surface area contributed by atoms with Crippen molar-refractivity contribution in [3.05, 3.63) is 52.6 Å². The zero-order valence-corrected chi connectivity index (χ0v) is 12.5. The highest BCUT2D eigenvalue weighted by atomic mass is 79.9. The second-order valence-electron chi connectivity index (χ2n) is 4.35. The van der Waals surface area contributed by atoms with Gasteiger partial charge in [-0.3, -0.25) is 0 Å². The third kappa shape index (κ3) is 2.85. The van der Waals surface area contributed by atoms with Crippen LogP contribution in [0.4, 0.5) is 10.1 Å². The first-order valence-electron chi connectivity index (χ1n) is 5.83. The number of hydrogen-bond donors (Lipinski definition) is 1. The van der Waals surface area contributed by atoms with Crippen molar-refractivity contribution in [1.82, 2.24) is 0 Å². The Morgan fingerprint density at radius 2 is 1.95 bits per heavy atom. The summed E-state index contributed by atoms with van der Waals surface area (Å²) in [4.78, 5) is 12.1. The molecular formula is C14H13BrFNO3. The summed E-state index contributed by atoms with van der Waals surface area (Å²) in [6, 6.07) is 9.03. The maximum Gasteiger partial charge on any atom is 0.339 e. The van der Waals surface area contributed by atoms with E-state index >= 15 is 0 Å². The highest BCUT2D eigenvalue weighted by Gasteiger charge is 2.39. The van der Waals surface area contributed by atoms with Gasteiger partial charge in [-0.05, 0) is 59.3 Å². The normalized spacial score (nSPS) is 13.6. The van der Waals surface area contributed by atoms with E-state index in [0.717, 1.165) is 0 Å². The molecule has 0 spiro atoms. The van der Waals surface area contributed by atoms with Crippen LogP contribution in [-0.2, 0) is 15.1 Å². The fourth-order valence-electron chi connectivity index (χ4n) is 1.82. The Balaban J connectivity index is 2.37. The number of furan rings is 1. The van der Waals surface area contributed by atoms with Crippen LogP contribution in [0.1, 0.15) is 12.7 Å². The zero-order valence-electron chi connectivity index (χ0n) is 10.9. The van der Waals surface area contributed by atoms with Gasteiger partial charge in [0.2, 0.25) is 0 Å². The van der Waals surface area contributed by atoms with Crippen LogP contribution in [-0.4, -0.2) is 13.1 Å². The van der Waals surface area contributed by atoms with Crippen LogP contribution in [0.2, 0.25) is 0 Å². The smallest absolute Gasteiger partial charge is 0.339 e. The SMILES string of the molecule is COC(=O)C(C)(Nc1ccc(F)cc1)c1ccc(Br)o1. The number of methoxy groups -OCH3 is 1. The van der Waals surface area contributed by atoms with E-state index in [-0.39, 0.29) is 5.82 Å². The molecule has 0 fully saturated rings. The fraction of sp³-hybridized carbons (Fsp3) is 0.214. The van der Waals surface area contributed by atoms with Gasteiger partial charge in [-0.15, -0.1) is 0 Å². The molecule has 0 saturated carbocycles. The molecule has 6 heteroatoms. The van der Waals surface area contributed by atoms with Crippen LogP contribution in [0.5, 0.6) is 0 Å². The second kappa shape index (κ2) is 5.66. The van der Waals surface area contributed by atoms with Gasteiger partial charge in [0.1, 0.15) is 11.6 Å². The van der Waals surface area contributed by atoms with Gasteiger partial charge < -0.3 is 14.5 Å². The average molecular weight is 342 g/mol. The van der Waals surface area contributed by atoms with Gasteiger partial charge in [0.25, 0.3) is 0 Å². The van der Waals surface area contributed by atoms with Gasteiger partial charge in [-0.25, -0.2) is 9.18 Å². The van der Waals surface area contributed by atoms with E-state index in [4.69, 9.17) is 9.15 Å². The lowest BCUT2D eigenvalue weighted by atomic mass is 9.98. The lowest BCUT2D eigenvalue weighted by Gasteiger charge is -2.26. The molecule has 0 radical (unpaired) electrons. The number of esters is 1. The number of hydrogen-bond acceptors (Lipinski definition) is 4. The van der Waals surface area contributed by atoms with E-state index in [0.29, 0.717) is 16.1 Å². The first-order chi connectivity index (χ1) is 9.45. The van der Waals surface area contributed by atoms with Crippen LogP contribution in [0.15, 0.2) is 45.5 Å². The number of nitrogens with one attached hydrogen (secondary N) is 1. The minimum absolute atomic E-state index is 0.351. The molecule has 20 heavy (non-hydrogen) atoms. The molecule has 2 rings (SSSR count). The first-order valence-corrected chi connectivity index (χ1v) is 6.63. The maximum absolute atomic E-state index is 12.9. The highest BCUT2D eigenvalue weighted by molar-refractivity contribution is 9.10. The molecule has 0 aliphatic rings. The summed E-state index contributed by atoms with van der Waals surface area (Å²) in [6.45, 7) is 1.63. The Labute approximate surface area is 124 Å². The number of ether oxygens (including phenoxy) is 1. The third-order valence-electron chi connectivity index (χ3n) is 2.90. The van der Waals surface area contributed by atoms with E-state index in [2.05, 4.69) is 21.2 Å². The summed E-state index contributed by atoms with van der Waals surface area (Å²) < 4.78 is 23.7. The molecule has 0 aliphatic heterocycles. The van der Waals surface area contributed by atoms with Crippen molar-refractivity contribution in [3.63, 3.8) is 0 Å². The van der Waals surface area contributed by atoms with Crippen molar-refractivity contribution in [2.45, 2.75) is 12.5 Å². The van der Waals surface area contributed by atoms with Crippen molar-refractivity contribution in [2.24, 2.45) is 0 Å².